The quantitative estimate of drug-likeness (QED) is 0.492. The summed E-state index contributed by atoms with van der Waals surface area (Å²) in [6.45, 7) is 0. The van der Waals surface area contributed by atoms with Gasteiger partial charge in [-0.3, -0.25) is 0 Å². The van der Waals surface area contributed by atoms with Gasteiger partial charge in [-0.1, -0.05) is 4.36 Å². The van der Waals surface area contributed by atoms with Crippen LogP contribution < -0.4 is 15.2 Å². The van der Waals surface area contributed by atoms with E-state index in [4.69, 9.17) is 0 Å². The summed E-state index contributed by atoms with van der Waals surface area (Å²) in [6.07, 6.45) is 0. The Morgan fingerprint density at radius 2 is 1.71 bits per heavy atom. The third-order valence-electron chi connectivity index (χ3n) is 0.614. The lowest BCUT2D eigenvalue weighted by molar-refractivity contribution is 0.252. The summed E-state index contributed by atoms with van der Waals surface area (Å²) in [5.74, 6) is 0. The molecular formula is C2H4N4O6S2. The van der Waals surface area contributed by atoms with E-state index in [0.717, 1.165) is 9.44 Å². The Labute approximate surface area is 79.4 Å². The van der Waals surface area contributed by atoms with Gasteiger partial charge in [0, 0.05) is 0 Å². The normalized spacial score (nSPS) is 10.0. The van der Waals surface area contributed by atoms with E-state index in [1.165, 1.54) is 0 Å². The molecule has 0 aromatic carbocycles. The minimum absolute atomic E-state index is 1.08. The third kappa shape index (κ3) is 5.90. The largest absolute Gasteiger partial charge is 0.370 e. The molecule has 14 heavy (non-hydrogen) atoms. The van der Waals surface area contributed by atoms with Crippen molar-refractivity contribution in [3.8, 4) is 0 Å². The maximum atomic E-state index is 10.6. The highest BCUT2D eigenvalue weighted by Crippen LogP contribution is 1.79. The number of amides is 4. The molecule has 80 valence electrons. The van der Waals surface area contributed by atoms with Crippen LogP contribution in [0.5, 0.6) is 0 Å². The van der Waals surface area contributed by atoms with E-state index in [0.29, 0.717) is 0 Å². The lowest BCUT2D eigenvalue weighted by atomic mass is 11.2. The Balaban J connectivity index is 4.62. The molecule has 12 heteroatoms. The number of primary amides is 1. The number of hydrogen-bond donors (Lipinski definition) is 3. The summed E-state index contributed by atoms with van der Waals surface area (Å²) in [5.41, 5.74) is 4.42. The molecule has 0 atom stereocenters. The van der Waals surface area contributed by atoms with E-state index in [2.05, 4.69) is 10.1 Å². The maximum absolute atomic E-state index is 10.6. The molecule has 0 aliphatic carbocycles. The molecule has 0 rings (SSSR count). The summed E-state index contributed by atoms with van der Waals surface area (Å²) in [7, 11) is -7.61. The zero-order valence-electron chi connectivity index (χ0n) is 6.29. The van der Waals surface area contributed by atoms with Gasteiger partial charge in [0.1, 0.15) is 0 Å². The zero-order valence-corrected chi connectivity index (χ0v) is 7.92. The molecule has 0 aromatic heterocycles. The average Bonchev–Trinajstić information content (AvgIpc) is 1.77. The number of nitrogens with one attached hydrogen (secondary N) is 2. The van der Waals surface area contributed by atoms with Crippen molar-refractivity contribution in [2.75, 3.05) is 0 Å². The number of nitrogens with two attached hydrogens (primary N) is 1. The first-order chi connectivity index (χ1) is 6.23. The van der Waals surface area contributed by atoms with Gasteiger partial charge in [-0.15, -0.1) is 0 Å². The van der Waals surface area contributed by atoms with Gasteiger partial charge >= 0.3 is 32.8 Å². The first kappa shape index (κ1) is 12.3. The van der Waals surface area contributed by atoms with Crippen LogP contribution in [0.3, 0.4) is 0 Å². The monoisotopic (exact) mass is 244 g/mol. The number of nitrogens with zero attached hydrogens (tertiary/aromatic N) is 1. The molecule has 0 fully saturated rings. The molecule has 4 amide bonds. The molecule has 0 saturated heterocycles. The topological polar surface area (TPSA) is 165 Å². The Hall–Kier alpha value is -1.69. The van der Waals surface area contributed by atoms with Crippen LogP contribution in [-0.2, 0) is 20.7 Å². The van der Waals surface area contributed by atoms with Crippen LogP contribution >= 0.6 is 0 Å². The molecule has 0 aliphatic heterocycles. The summed E-state index contributed by atoms with van der Waals surface area (Å²) in [6, 6.07) is -3.11. The minimum atomic E-state index is -4.52. The van der Waals surface area contributed by atoms with Gasteiger partial charge in [-0.25, -0.2) is 19.0 Å². The smallest absolute Gasteiger partial charge is 0.351 e. The molecule has 10 nitrogen and oxygen atoms in total. The molecule has 0 radical (unpaired) electrons. The van der Waals surface area contributed by atoms with Crippen molar-refractivity contribution in [3.05, 3.63) is 0 Å². The summed E-state index contributed by atoms with van der Waals surface area (Å²) in [5, 5.41) is 0. The maximum Gasteiger partial charge on any atom is 0.370 e. The molecule has 0 saturated carbocycles. The van der Waals surface area contributed by atoms with Gasteiger partial charge < -0.3 is 5.73 Å². The fourth-order valence-electron chi connectivity index (χ4n) is 0.359. The van der Waals surface area contributed by atoms with E-state index in [-0.39, 0.29) is 0 Å². The molecule has 0 bridgehead atoms. The second-order valence-corrected chi connectivity index (χ2v) is 3.72. The number of hydrogen-bond acceptors (Lipinski definition) is 6. The highest BCUT2D eigenvalue weighted by molar-refractivity contribution is 7.88. The van der Waals surface area contributed by atoms with Crippen LogP contribution in [0.15, 0.2) is 4.36 Å². The minimum Gasteiger partial charge on any atom is -0.351 e. The summed E-state index contributed by atoms with van der Waals surface area (Å²) < 4.78 is 45.3. The first-order valence-electron chi connectivity index (χ1n) is 2.68. The molecule has 0 spiro atoms. The predicted octanol–water partition coefficient (Wildman–Crippen LogP) is -2.33. The van der Waals surface area contributed by atoms with Gasteiger partial charge in [0.2, 0.25) is 0 Å². The molecular weight excluding hydrogens is 240 g/mol. The van der Waals surface area contributed by atoms with Crippen LogP contribution in [0, 0.1) is 0 Å². The lowest BCUT2D eigenvalue weighted by Gasteiger charge is -2.01. The van der Waals surface area contributed by atoms with E-state index in [1.54, 1.807) is 0 Å². The lowest BCUT2D eigenvalue weighted by Crippen LogP contribution is -2.44. The molecule has 0 aliphatic rings. The average molecular weight is 244 g/mol. The first-order valence-corrected chi connectivity index (χ1v) is 5.19. The van der Waals surface area contributed by atoms with E-state index >= 15 is 0 Å². The molecule has 0 aromatic rings. The number of carbonyl (C=O) groups is 2. The second-order valence-electron chi connectivity index (χ2n) is 1.69. The Morgan fingerprint density at radius 1 is 1.21 bits per heavy atom. The van der Waals surface area contributed by atoms with Crippen LogP contribution in [0.4, 0.5) is 9.59 Å². The van der Waals surface area contributed by atoms with Gasteiger partial charge in [-0.2, -0.15) is 16.8 Å². The van der Waals surface area contributed by atoms with Crippen molar-refractivity contribution in [1.29, 1.82) is 0 Å². The third-order valence-corrected chi connectivity index (χ3v) is 1.84. The van der Waals surface area contributed by atoms with Crippen LogP contribution in [0.1, 0.15) is 0 Å². The van der Waals surface area contributed by atoms with Crippen molar-refractivity contribution in [3.63, 3.8) is 0 Å². The van der Waals surface area contributed by atoms with Crippen molar-refractivity contribution in [2.24, 2.45) is 10.1 Å². The fourth-order valence-corrected chi connectivity index (χ4v) is 1.19. The van der Waals surface area contributed by atoms with E-state index in [1.807, 2.05) is 0 Å². The van der Waals surface area contributed by atoms with Crippen molar-refractivity contribution < 1.29 is 26.4 Å². The standard InChI is InChI=1S/C2H4N4O6S2/c3-1(7)5-14(11,12)6-2(8)4-13(9)10/h(H,6,8)(H3,3,5,7). The van der Waals surface area contributed by atoms with Crippen molar-refractivity contribution >= 4 is 32.8 Å². The Morgan fingerprint density at radius 3 is 2.07 bits per heavy atom. The summed E-state index contributed by atoms with van der Waals surface area (Å²) in [4.78, 5) is 20.5. The molecule has 4 N–H and O–H groups in total. The van der Waals surface area contributed by atoms with Gasteiger partial charge in [0.05, 0.1) is 0 Å². The van der Waals surface area contributed by atoms with Gasteiger partial charge in [0.15, 0.2) is 0 Å². The van der Waals surface area contributed by atoms with Crippen molar-refractivity contribution in [2.45, 2.75) is 0 Å². The van der Waals surface area contributed by atoms with Crippen LogP contribution in [0.25, 0.3) is 0 Å². The van der Waals surface area contributed by atoms with E-state index < -0.39 is 32.8 Å². The number of carbonyl (C=O) groups excluding carboxylic acids is 2. The second kappa shape index (κ2) is 4.52. The van der Waals surface area contributed by atoms with Gasteiger partial charge in [0.25, 0.3) is 0 Å². The zero-order chi connectivity index (χ0) is 11.4. The molecule has 0 heterocycles. The number of urea groups is 2. The highest BCUT2D eigenvalue weighted by atomic mass is 32.2. The summed E-state index contributed by atoms with van der Waals surface area (Å²) >= 11 is 0. The SMILES string of the molecule is NC(=O)NS(=O)(=O)NC(=O)N=S(=O)=O. The fraction of sp³-hybridized carbons (Fsp3) is 0. The number of rotatable bonds is 2. The Bertz CT molecular complexity index is 464. The molecule has 0 unspecified atom stereocenters. The Kier molecular flexibility index (Phi) is 3.97. The van der Waals surface area contributed by atoms with Crippen LogP contribution in [0.2, 0.25) is 0 Å². The predicted molar refractivity (Wildman–Crippen MR) is 41.5 cm³/mol. The van der Waals surface area contributed by atoms with Crippen molar-refractivity contribution in [1.82, 2.24) is 9.44 Å². The van der Waals surface area contributed by atoms with Crippen LogP contribution in [-0.4, -0.2) is 28.9 Å². The van der Waals surface area contributed by atoms with E-state index in [9.17, 15) is 26.4 Å². The van der Waals surface area contributed by atoms with Gasteiger partial charge in [-0.05, 0) is 0 Å². The highest BCUT2D eigenvalue weighted by Gasteiger charge is 2.15.